The van der Waals surface area contributed by atoms with Gasteiger partial charge in [0.2, 0.25) is 0 Å². The van der Waals surface area contributed by atoms with Crippen LogP contribution in [0.25, 0.3) is 11.6 Å². The number of nitrogens with zero attached hydrogens (tertiary/aromatic N) is 2. The Balaban J connectivity index is 1.40. The minimum atomic E-state index is -0.102. The van der Waals surface area contributed by atoms with Crippen molar-refractivity contribution in [2.45, 2.75) is 20.3 Å². The van der Waals surface area contributed by atoms with E-state index in [2.05, 4.69) is 15.2 Å². The number of carbonyl (C=O) groups is 2. The highest BCUT2D eigenvalue weighted by Crippen LogP contribution is 2.36. The zero-order chi connectivity index (χ0) is 21.5. The molecule has 2 amide bonds. The third kappa shape index (κ3) is 3.58. The summed E-state index contributed by atoms with van der Waals surface area (Å²) in [7, 11) is 0. The molecule has 4 heterocycles. The summed E-state index contributed by atoms with van der Waals surface area (Å²) in [6.45, 7) is 9.69. The monoisotopic (exact) mass is 420 g/mol. The number of morpholine rings is 1. The van der Waals surface area contributed by atoms with Crippen molar-refractivity contribution in [3.8, 4) is 0 Å². The average Bonchev–Trinajstić information content (AvgIpc) is 3.26. The molecule has 3 aliphatic heterocycles. The normalized spacial score (nSPS) is 20.2. The lowest BCUT2D eigenvalue weighted by Crippen LogP contribution is -2.45. The van der Waals surface area contributed by atoms with Crippen LogP contribution in [0.15, 0.2) is 18.2 Å². The first kappa shape index (κ1) is 20.0. The third-order valence-electron chi connectivity index (χ3n) is 6.61. The molecular weight excluding hydrogens is 392 g/mol. The molecule has 3 aliphatic rings. The zero-order valence-electron chi connectivity index (χ0n) is 18.1. The van der Waals surface area contributed by atoms with E-state index < -0.39 is 0 Å². The number of aromatic amines is 1. The predicted molar refractivity (Wildman–Crippen MR) is 120 cm³/mol. The second-order valence-corrected chi connectivity index (χ2v) is 8.52. The summed E-state index contributed by atoms with van der Waals surface area (Å²) in [6.07, 6.45) is 2.70. The second-order valence-electron chi connectivity index (χ2n) is 8.52. The van der Waals surface area contributed by atoms with E-state index in [-0.39, 0.29) is 11.8 Å². The van der Waals surface area contributed by atoms with Gasteiger partial charge < -0.3 is 19.9 Å². The molecule has 1 aromatic heterocycles. The van der Waals surface area contributed by atoms with Crippen LogP contribution in [0, 0.1) is 13.8 Å². The molecule has 0 aliphatic carbocycles. The summed E-state index contributed by atoms with van der Waals surface area (Å²) in [5.41, 5.74) is 6.98. The highest BCUT2D eigenvalue weighted by molar-refractivity contribution is 6.35. The predicted octanol–water partition coefficient (Wildman–Crippen LogP) is 2.45. The molecule has 0 radical (unpaired) electrons. The molecule has 0 spiro atoms. The number of anilines is 1. The fourth-order valence-corrected chi connectivity index (χ4v) is 4.82. The van der Waals surface area contributed by atoms with E-state index in [0.29, 0.717) is 12.1 Å². The van der Waals surface area contributed by atoms with Gasteiger partial charge in [0.25, 0.3) is 11.8 Å². The van der Waals surface area contributed by atoms with Crippen LogP contribution in [0.2, 0.25) is 0 Å². The Labute approximate surface area is 182 Å². The second kappa shape index (κ2) is 7.98. The van der Waals surface area contributed by atoms with Crippen LogP contribution in [0.3, 0.4) is 0 Å². The number of ether oxygens (including phenoxy) is 1. The Kier molecular flexibility index (Phi) is 5.16. The lowest BCUT2D eigenvalue weighted by atomic mass is 9.99. The van der Waals surface area contributed by atoms with E-state index >= 15 is 0 Å². The first-order chi connectivity index (χ1) is 15.0. The Hall–Kier alpha value is -2.90. The summed E-state index contributed by atoms with van der Waals surface area (Å²) >= 11 is 0. The fourth-order valence-electron chi connectivity index (χ4n) is 4.82. The van der Waals surface area contributed by atoms with Crippen molar-refractivity contribution < 1.29 is 14.3 Å². The third-order valence-corrected chi connectivity index (χ3v) is 6.61. The number of aryl methyl sites for hydroxylation is 1. The van der Waals surface area contributed by atoms with Crippen molar-refractivity contribution >= 4 is 29.2 Å². The van der Waals surface area contributed by atoms with Crippen LogP contribution in [0.4, 0.5) is 5.69 Å². The quantitative estimate of drug-likeness (QED) is 0.745. The number of nitrogens with one attached hydrogen (secondary N) is 2. The van der Waals surface area contributed by atoms with Crippen LogP contribution >= 0.6 is 0 Å². The molecule has 31 heavy (non-hydrogen) atoms. The number of carbonyl (C=O) groups excluding carboxylic acids is 2. The Morgan fingerprint density at radius 2 is 1.87 bits per heavy atom. The minimum absolute atomic E-state index is 0.0837. The van der Waals surface area contributed by atoms with Crippen LogP contribution in [-0.2, 0) is 16.0 Å². The topological polar surface area (TPSA) is 77.7 Å². The number of aromatic nitrogens is 1. The summed E-state index contributed by atoms with van der Waals surface area (Å²) in [6, 6.07) is 5.87. The molecule has 0 saturated carbocycles. The summed E-state index contributed by atoms with van der Waals surface area (Å²) in [5, 5.41) is 2.94. The van der Waals surface area contributed by atoms with Gasteiger partial charge in [-0.1, -0.05) is 12.1 Å². The van der Waals surface area contributed by atoms with Gasteiger partial charge in [0.1, 0.15) is 0 Å². The standard InChI is InChI=1S/C24H28N4O3/c1-15-4-3-5-18-21(15)17(23(29)26-18)14-20-16(2)22-19(25-20)6-7-28(24(22)30)9-8-27-10-12-31-13-11-27/h3-5,14,25H,6-13H2,1-2H3,(H,26,29)/b17-14-. The Morgan fingerprint density at radius 3 is 2.68 bits per heavy atom. The van der Waals surface area contributed by atoms with Crippen molar-refractivity contribution in [1.82, 2.24) is 14.8 Å². The zero-order valence-corrected chi connectivity index (χ0v) is 18.1. The molecule has 7 nitrogen and oxygen atoms in total. The largest absolute Gasteiger partial charge is 0.379 e. The maximum Gasteiger partial charge on any atom is 0.256 e. The van der Waals surface area contributed by atoms with E-state index in [1.165, 1.54) is 0 Å². The van der Waals surface area contributed by atoms with E-state index in [1.54, 1.807) is 0 Å². The minimum Gasteiger partial charge on any atom is -0.379 e. The summed E-state index contributed by atoms with van der Waals surface area (Å²) in [4.78, 5) is 33.6. The van der Waals surface area contributed by atoms with Gasteiger partial charge in [-0.3, -0.25) is 14.5 Å². The number of rotatable bonds is 4. The van der Waals surface area contributed by atoms with E-state index in [0.717, 1.165) is 85.1 Å². The van der Waals surface area contributed by atoms with Gasteiger partial charge in [0.05, 0.1) is 24.4 Å². The highest BCUT2D eigenvalue weighted by atomic mass is 16.5. The Bertz CT molecular complexity index is 1080. The van der Waals surface area contributed by atoms with Crippen LogP contribution in [0.1, 0.15) is 38.4 Å². The molecule has 0 unspecified atom stereocenters. The van der Waals surface area contributed by atoms with Crippen LogP contribution in [-0.4, -0.2) is 72.5 Å². The van der Waals surface area contributed by atoms with Gasteiger partial charge in [-0.05, 0) is 37.1 Å². The summed E-state index contributed by atoms with van der Waals surface area (Å²) in [5.74, 6) is -0.0184. The summed E-state index contributed by atoms with van der Waals surface area (Å²) < 4.78 is 5.41. The molecular formula is C24H28N4O3. The van der Waals surface area contributed by atoms with Crippen molar-refractivity contribution in [2.75, 3.05) is 51.3 Å². The van der Waals surface area contributed by atoms with E-state index in [9.17, 15) is 9.59 Å². The molecule has 7 heteroatoms. The molecule has 1 fully saturated rings. The maximum atomic E-state index is 13.2. The van der Waals surface area contributed by atoms with E-state index in [4.69, 9.17) is 4.74 Å². The number of fused-ring (bicyclic) bond motifs is 2. The van der Waals surface area contributed by atoms with Crippen molar-refractivity contribution in [3.63, 3.8) is 0 Å². The lowest BCUT2D eigenvalue weighted by molar-refractivity contribution is -0.110. The van der Waals surface area contributed by atoms with E-state index in [1.807, 2.05) is 43.0 Å². The number of benzene rings is 1. The molecule has 2 N–H and O–H groups in total. The van der Waals surface area contributed by atoms with Crippen molar-refractivity contribution in [2.24, 2.45) is 0 Å². The molecule has 1 aromatic carbocycles. The van der Waals surface area contributed by atoms with Crippen molar-refractivity contribution in [3.05, 3.63) is 51.8 Å². The molecule has 0 atom stereocenters. The van der Waals surface area contributed by atoms with Crippen molar-refractivity contribution in [1.29, 1.82) is 0 Å². The smallest absolute Gasteiger partial charge is 0.256 e. The van der Waals surface area contributed by atoms with Gasteiger partial charge >= 0.3 is 0 Å². The molecule has 5 rings (SSSR count). The van der Waals surface area contributed by atoms with Crippen LogP contribution < -0.4 is 5.32 Å². The van der Waals surface area contributed by atoms with Gasteiger partial charge in [-0.15, -0.1) is 0 Å². The average molecular weight is 421 g/mol. The van der Waals surface area contributed by atoms with Gasteiger partial charge in [-0.25, -0.2) is 0 Å². The fraction of sp³-hybridized carbons (Fsp3) is 0.417. The first-order valence-electron chi connectivity index (χ1n) is 11.0. The molecule has 1 saturated heterocycles. The SMILES string of the molecule is Cc1cccc2c1/C(=C/c1[nH]c3c(c1C)C(=O)N(CCN1CCOCC1)CC3)C(=O)N2. The Morgan fingerprint density at radius 1 is 1.06 bits per heavy atom. The van der Waals surface area contributed by atoms with Crippen LogP contribution in [0.5, 0.6) is 0 Å². The van der Waals surface area contributed by atoms with Gasteiger partial charge in [0.15, 0.2) is 0 Å². The lowest BCUT2D eigenvalue weighted by Gasteiger charge is -2.32. The number of amides is 2. The number of hydrogen-bond acceptors (Lipinski definition) is 4. The molecule has 0 bridgehead atoms. The van der Waals surface area contributed by atoms with Gasteiger partial charge in [0, 0.05) is 61.8 Å². The maximum absolute atomic E-state index is 13.2. The molecule has 162 valence electrons. The van der Waals surface area contributed by atoms with Gasteiger partial charge in [-0.2, -0.15) is 0 Å². The first-order valence-corrected chi connectivity index (χ1v) is 11.0. The molecule has 2 aromatic rings. The number of hydrogen-bond donors (Lipinski definition) is 2. The highest BCUT2D eigenvalue weighted by Gasteiger charge is 2.31. The number of H-pyrrole nitrogens is 1.